The fourth-order valence-corrected chi connectivity index (χ4v) is 2.84. The standard InChI is InChI=1S/C10H15N5O4S/c11-9(12-18)8-10(14-19-13-8)20-5-7(17)15-3-1-2-6(15)4-16/h6,16,18H,1-5H2,(H2,11,12)/t6-/m1/s1. The van der Waals surface area contributed by atoms with Gasteiger partial charge in [-0.1, -0.05) is 16.9 Å². The molecule has 1 aliphatic rings. The molecule has 1 aliphatic heterocycles. The molecule has 4 N–H and O–H groups in total. The zero-order valence-corrected chi connectivity index (χ0v) is 11.4. The van der Waals surface area contributed by atoms with Gasteiger partial charge in [-0.25, -0.2) is 4.63 Å². The van der Waals surface area contributed by atoms with Crippen molar-refractivity contribution in [3.8, 4) is 0 Å². The van der Waals surface area contributed by atoms with Crippen LogP contribution in [0.25, 0.3) is 0 Å². The summed E-state index contributed by atoms with van der Waals surface area (Å²) in [7, 11) is 0. The van der Waals surface area contributed by atoms with Gasteiger partial charge in [0.2, 0.25) is 5.91 Å². The van der Waals surface area contributed by atoms with Crippen LogP contribution < -0.4 is 5.73 Å². The van der Waals surface area contributed by atoms with Crippen molar-refractivity contribution in [1.29, 1.82) is 0 Å². The predicted octanol–water partition coefficient (Wildman–Crippen LogP) is -0.761. The van der Waals surface area contributed by atoms with E-state index in [1.807, 2.05) is 0 Å². The summed E-state index contributed by atoms with van der Waals surface area (Å²) in [6.07, 6.45) is 1.70. The quantitative estimate of drug-likeness (QED) is 0.212. The van der Waals surface area contributed by atoms with Gasteiger partial charge in [-0.3, -0.25) is 4.79 Å². The number of aliphatic hydroxyl groups is 1. The molecule has 9 nitrogen and oxygen atoms in total. The summed E-state index contributed by atoms with van der Waals surface area (Å²) in [5, 5.41) is 28.0. The van der Waals surface area contributed by atoms with Gasteiger partial charge in [0.1, 0.15) is 0 Å². The Hall–Kier alpha value is -1.81. The molecule has 110 valence electrons. The summed E-state index contributed by atoms with van der Waals surface area (Å²) < 4.78 is 4.51. The van der Waals surface area contributed by atoms with Crippen LogP contribution in [0.3, 0.4) is 0 Å². The number of nitrogens with zero attached hydrogens (tertiary/aromatic N) is 4. The Labute approximate surface area is 118 Å². The van der Waals surface area contributed by atoms with Gasteiger partial charge in [-0.2, -0.15) is 0 Å². The molecule has 0 bridgehead atoms. The third kappa shape index (κ3) is 3.02. The van der Waals surface area contributed by atoms with E-state index in [4.69, 9.17) is 10.9 Å². The number of oxime groups is 1. The first kappa shape index (κ1) is 14.6. The van der Waals surface area contributed by atoms with Gasteiger partial charge < -0.3 is 20.9 Å². The number of amides is 1. The van der Waals surface area contributed by atoms with Crippen molar-refractivity contribution in [2.75, 3.05) is 18.9 Å². The molecule has 1 aromatic rings. The van der Waals surface area contributed by atoms with E-state index in [0.29, 0.717) is 6.54 Å². The lowest BCUT2D eigenvalue weighted by atomic mass is 10.2. The SMILES string of the molecule is N/C(=N\O)c1nonc1SCC(=O)N1CCC[C@@H]1CO. The largest absolute Gasteiger partial charge is 0.409 e. The average molecular weight is 301 g/mol. The maximum absolute atomic E-state index is 12.1. The Morgan fingerprint density at radius 1 is 1.60 bits per heavy atom. The van der Waals surface area contributed by atoms with Crippen molar-refractivity contribution >= 4 is 23.5 Å². The maximum Gasteiger partial charge on any atom is 0.233 e. The third-order valence-electron chi connectivity index (χ3n) is 3.05. The van der Waals surface area contributed by atoms with Gasteiger partial charge in [-0.05, 0) is 23.2 Å². The van der Waals surface area contributed by atoms with Crippen LogP contribution in [0.2, 0.25) is 0 Å². The Balaban J connectivity index is 1.95. The molecule has 0 spiro atoms. The highest BCUT2D eigenvalue weighted by Gasteiger charge is 2.28. The predicted molar refractivity (Wildman–Crippen MR) is 69.4 cm³/mol. The third-order valence-corrected chi connectivity index (χ3v) is 3.98. The molecule has 20 heavy (non-hydrogen) atoms. The van der Waals surface area contributed by atoms with Crippen LogP contribution in [0.15, 0.2) is 14.8 Å². The van der Waals surface area contributed by atoms with E-state index in [9.17, 15) is 9.90 Å². The van der Waals surface area contributed by atoms with E-state index in [-0.39, 0.29) is 40.9 Å². The zero-order chi connectivity index (χ0) is 14.5. The monoisotopic (exact) mass is 301 g/mol. The highest BCUT2D eigenvalue weighted by atomic mass is 32.2. The Morgan fingerprint density at radius 3 is 3.10 bits per heavy atom. The Morgan fingerprint density at radius 2 is 2.40 bits per heavy atom. The number of hydrogen-bond acceptors (Lipinski definition) is 8. The molecular weight excluding hydrogens is 286 g/mol. The number of likely N-dealkylation sites (tertiary alicyclic amines) is 1. The molecule has 2 rings (SSSR count). The summed E-state index contributed by atoms with van der Waals surface area (Å²) in [6.45, 7) is 0.617. The van der Waals surface area contributed by atoms with Crippen LogP contribution in [0.5, 0.6) is 0 Å². The average Bonchev–Trinajstić information content (AvgIpc) is 3.12. The van der Waals surface area contributed by atoms with Crippen LogP contribution in [-0.4, -0.2) is 62.2 Å². The number of carbonyl (C=O) groups is 1. The molecule has 1 saturated heterocycles. The normalized spacial score (nSPS) is 19.6. The zero-order valence-electron chi connectivity index (χ0n) is 10.6. The highest BCUT2D eigenvalue weighted by Crippen LogP contribution is 2.22. The minimum absolute atomic E-state index is 0.0305. The van der Waals surface area contributed by atoms with Crippen LogP contribution in [0.4, 0.5) is 0 Å². The molecule has 1 amide bonds. The Bertz CT molecular complexity index is 506. The van der Waals surface area contributed by atoms with E-state index < -0.39 is 0 Å². The lowest BCUT2D eigenvalue weighted by molar-refractivity contribution is -0.129. The molecule has 10 heteroatoms. The number of amidine groups is 1. The van der Waals surface area contributed by atoms with Crippen molar-refractivity contribution in [3.63, 3.8) is 0 Å². The van der Waals surface area contributed by atoms with Crippen molar-refractivity contribution in [2.24, 2.45) is 10.9 Å². The highest BCUT2D eigenvalue weighted by molar-refractivity contribution is 8.00. The van der Waals surface area contributed by atoms with Crippen LogP contribution in [0.1, 0.15) is 18.5 Å². The lowest BCUT2D eigenvalue weighted by Crippen LogP contribution is -2.38. The first-order valence-electron chi connectivity index (χ1n) is 6.01. The second kappa shape index (κ2) is 6.57. The van der Waals surface area contributed by atoms with Gasteiger partial charge in [-0.15, -0.1) is 0 Å². The number of nitrogens with two attached hydrogens (primary N) is 1. The van der Waals surface area contributed by atoms with Gasteiger partial charge in [0.05, 0.1) is 18.4 Å². The van der Waals surface area contributed by atoms with Gasteiger partial charge in [0.25, 0.3) is 0 Å². The molecule has 1 aromatic heterocycles. The van der Waals surface area contributed by atoms with Gasteiger partial charge in [0, 0.05) is 6.54 Å². The van der Waals surface area contributed by atoms with Crippen molar-refractivity contribution in [1.82, 2.24) is 15.2 Å². The fourth-order valence-electron chi connectivity index (χ4n) is 2.05. The van der Waals surface area contributed by atoms with E-state index in [0.717, 1.165) is 24.6 Å². The lowest BCUT2D eigenvalue weighted by Gasteiger charge is -2.22. The number of rotatable bonds is 5. The number of aliphatic hydroxyl groups excluding tert-OH is 1. The second-order valence-corrected chi connectivity index (χ2v) is 5.22. The first-order valence-corrected chi connectivity index (χ1v) is 6.99. The summed E-state index contributed by atoms with van der Waals surface area (Å²) in [5.41, 5.74) is 5.51. The molecule has 1 fully saturated rings. The van der Waals surface area contributed by atoms with Crippen molar-refractivity contribution in [2.45, 2.75) is 23.9 Å². The molecule has 1 atom stereocenters. The first-order chi connectivity index (χ1) is 9.67. The van der Waals surface area contributed by atoms with Gasteiger partial charge >= 0.3 is 0 Å². The summed E-state index contributed by atoms with van der Waals surface area (Å²) in [4.78, 5) is 13.7. The number of aromatic nitrogens is 2. The van der Waals surface area contributed by atoms with E-state index in [1.165, 1.54) is 0 Å². The summed E-state index contributed by atoms with van der Waals surface area (Å²) in [5.74, 6) is -0.202. The van der Waals surface area contributed by atoms with E-state index >= 15 is 0 Å². The molecule has 0 saturated carbocycles. The number of thioether (sulfide) groups is 1. The molecule has 0 radical (unpaired) electrons. The minimum atomic E-state index is -0.226. The molecule has 0 unspecified atom stereocenters. The second-order valence-electron chi connectivity index (χ2n) is 4.26. The van der Waals surface area contributed by atoms with Crippen LogP contribution >= 0.6 is 11.8 Å². The van der Waals surface area contributed by atoms with E-state index in [2.05, 4.69) is 20.1 Å². The van der Waals surface area contributed by atoms with Crippen LogP contribution in [-0.2, 0) is 4.79 Å². The molecular formula is C10H15N5O4S. The van der Waals surface area contributed by atoms with Crippen molar-refractivity contribution < 1.29 is 19.7 Å². The minimum Gasteiger partial charge on any atom is -0.409 e. The topological polar surface area (TPSA) is 138 Å². The van der Waals surface area contributed by atoms with Crippen LogP contribution in [0, 0.1) is 0 Å². The molecule has 0 aromatic carbocycles. The molecule has 0 aliphatic carbocycles. The summed E-state index contributed by atoms with van der Waals surface area (Å²) >= 11 is 1.09. The van der Waals surface area contributed by atoms with Crippen molar-refractivity contribution in [3.05, 3.63) is 5.69 Å². The summed E-state index contributed by atoms with van der Waals surface area (Å²) in [6, 6.07) is -0.109. The Kier molecular flexibility index (Phi) is 4.79. The molecule has 2 heterocycles. The fraction of sp³-hybridized carbons (Fsp3) is 0.600. The van der Waals surface area contributed by atoms with Gasteiger partial charge in [0.15, 0.2) is 16.6 Å². The van der Waals surface area contributed by atoms with E-state index in [1.54, 1.807) is 4.90 Å². The number of carbonyl (C=O) groups excluding carboxylic acids is 1. The number of hydrogen-bond donors (Lipinski definition) is 3. The maximum atomic E-state index is 12.1. The smallest absolute Gasteiger partial charge is 0.233 e.